The number of aryl methyl sites for hydroxylation is 1. The molecule has 1 saturated carbocycles. The number of fused-ring (bicyclic) bond motifs is 1. The van der Waals surface area contributed by atoms with Crippen LogP contribution in [0.3, 0.4) is 0 Å². The minimum atomic E-state index is -3.62. The summed E-state index contributed by atoms with van der Waals surface area (Å²) in [4.78, 5) is 0. The van der Waals surface area contributed by atoms with Gasteiger partial charge in [0.15, 0.2) is 0 Å². The van der Waals surface area contributed by atoms with E-state index in [4.69, 9.17) is 0 Å². The summed E-state index contributed by atoms with van der Waals surface area (Å²) < 4.78 is 55.7. The Bertz CT molecular complexity index is 831. The number of nitrogens with zero attached hydrogens (tertiary/aromatic N) is 1. The van der Waals surface area contributed by atoms with Crippen LogP contribution in [-0.2, 0) is 26.7 Å². The van der Waals surface area contributed by atoms with Crippen LogP contribution in [0.25, 0.3) is 0 Å². The Labute approximate surface area is 150 Å². The number of anilines is 2. The van der Waals surface area contributed by atoms with E-state index in [1.54, 1.807) is 25.1 Å². The number of sulfonamides is 1. The maximum absolute atomic E-state index is 12.3. The first kappa shape index (κ1) is 18.5. The molecule has 0 radical (unpaired) electrons. The minimum Gasteiger partial charge on any atom is -0.271 e. The van der Waals surface area contributed by atoms with Gasteiger partial charge in [-0.3, -0.25) is 9.03 Å². The first-order chi connectivity index (χ1) is 11.8. The molecule has 9 heteroatoms. The van der Waals surface area contributed by atoms with Crippen LogP contribution in [0.1, 0.15) is 44.6 Å². The van der Waals surface area contributed by atoms with Crippen molar-refractivity contribution in [2.24, 2.45) is 0 Å². The Morgan fingerprint density at radius 3 is 2.52 bits per heavy atom. The van der Waals surface area contributed by atoms with Crippen molar-refractivity contribution >= 4 is 31.6 Å². The second-order valence-electron chi connectivity index (χ2n) is 6.62. The van der Waals surface area contributed by atoms with Gasteiger partial charge in [-0.25, -0.2) is 8.42 Å². The molecular weight excluding hydrogens is 362 g/mol. The fraction of sp³-hybridized carbons (Fsp3) is 0.625. The van der Waals surface area contributed by atoms with Gasteiger partial charge in [0.25, 0.3) is 10.2 Å². The number of benzene rings is 1. The van der Waals surface area contributed by atoms with Gasteiger partial charge in [0.1, 0.15) is 0 Å². The molecule has 140 valence electrons. The summed E-state index contributed by atoms with van der Waals surface area (Å²) in [5, 5.41) is 0. The average Bonchev–Trinajstić information content (AvgIpc) is 3.05. The Hall–Kier alpha value is -1.32. The van der Waals surface area contributed by atoms with Gasteiger partial charge in [-0.05, 0) is 56.4 Å². The molecule has 1 aliphatic carbocycles. The molecule has 1 aromatic rings. The summed E-state index contributed by atoms with van der Waals surface area (Å²) in [6, 6.07) is 5.05. The topological polar surface area (TPSA) is 95.6 Å². The third-order valence-electron chi connectivity index (χ3n) is 4.79. The van der Waals surface area contributed by atoms with Crippen LogP contribution in [-0.4, -0.2) is 35.2 Å². The molecule has 7 nitrogen and oxygen atoms in total. The molecule has 1 fully saturated rings. The SMILES string of the molecule is CCS(=O)(=O)N1CCCc2cc(NS(=O)(=O)NC3CCCC3)ccc21. The van der Waals surface area contributed by atoms with Crippen LogP contribution in [0.5, 0.6) is 0 Å². The lowest BCUT2D eigenvalue weighted by Crippen LogP contribution is -2.37. The van der Waals surface area contributed by atoms with E-state index in [1.807, 2.05) is 0 Å². The lowest BCUT2D eigenvalue weighted by atomic mass is 10.0. The van der Waals surface area contributed by atoms with Gasteiger partial charge >= 0.3 is 0 Å². The van der Waals surface area contributed by atoms with Gasteiger partial charge in [-0.1, -0.05) is 12.8 Å². The standard InChI is InChI=1S/C16H25N3O4S2/c1-2-24(20,21)19-11-5-6-13-12-15(9-10-16(13)19)18-25(22,23)17-14-7-3-4-8-14/h9-10,12,14,17-18H,2-8,11H2,1H3. The highest BCUT2D eigenvalue weighted by Crippen LogP contribution is 2.32. The lowest BCUT2D eigenvalue weighted by molar-refractivity contribution is 0.557. The summed E-state index contributed by atoms with van der Waals surface area (Å²) >= 11 is 0. The lowest BCUT2D eigenvalue weighted by Gasteiger charge is -2.30. The fourth-order valence-electron chi connectivity index (χ4n) is 3.52. The van der Waals surface area contributed by atoms with Crippen molar-refractivity contribution in [3.05, 3.63) is 23.8 Å². The van der Waals surface area contributed by atoms with Crippen LogP contribution in [0.2, 0.25) is 0 Å². The fourth-order valence-corrected chi connectivity index (χ4v) is 5.89. The van der Waals surface area contributed by atoms with E-state index >= 15 is 0 Å². The molecule has 1 aromatic carbocycles. The zero-order chi connectivity index (χ0) is 18.1. The van der Waals surface area contributed by atoms with Crippen molar-refractivity contribution < 1.29 is 16.8 Å². The summed E-state index contributed by atoms with van der Waals surface area (Å²) in [5.41, 5.74) is 1.96. The van der Waals surface area contributed by atoms with Crippen molar-refractivity contribution in [1.82, 2.24) is 4.72 Å². The van der Waals surface area contributed by atoms with E-state index in [1.165, 1.54) is 4.31 Å². The molecule has 0 atom stereocenters. The first-order valence-corrected chi connectivity index (χ1v) is 11.8. The van der Waals surface area contributed by atoms with Gasteiger partial charge in [-0.15, -0.1) is 0 Å². The van der Waals surface area contributed by atoms with E-state index in [0.29, 0.717) is 17.9 Å². The first-order valence-electron chi connectivity index (χ1n) is 8.74. The molecule has 3 rings (SSSR count). The van der Waals surface area contributed by atoms with Crippen LogP contribution in [0.4, 0.5) is 11.4 Å². The molecule has 1 aliphatic heterocycles. The quantitative estimate of drug-likeness (QED) is 0.780. The molecular formula is C16H25N3O4S2. The second kappa shape index (κ2) is 7.13. The number of rotatable bonds is 6. The van der Waals surface area contributed by atoms with Gasteiger partial charge in [-0.2, -0.15) is 13.1 Å². The van der Waals surface area contributed by atoms with Crippen LogP contribution in [0.15, 0.2) is 18.2 Å². The Morgan fingerprint density at radius 1 is 1.12 bits per heavy atom. The van der Waals surface area contributed by atoms with E-state index in [9.17, 15) is 16.8 Å². The van der Waals surface area contributed by atoms with Crippen LogP contribution < -0.4 is 13.7 Å². The zero-order valence-electron chi connectivity index (χ0n) is 14.4. The molecule has 2 aliphatic rings. The summed E-state index contributed by atoms with van der Waals surface area (Å²) in [6.07, 6.45) is 5.30. The van der Waals surface area contributed by atoms with Crippen molar-refractivity contribution in [2.45, 2.75) is 51.5 Å². The number of nitrogens with one attached hydrogen (secondary N) is 2. The largest absolute Gasteiger partial charge is 0.299 e. The van der Waals surface area contributed by atoms with Crippen molar-refractivity contribution in [3.63, 3.8) is 0 Å². The highest BCUT2D eigenvalue weighted by molar-refractivity contribution is 7.92. The Balaban J connectivity index is 1.79. The van der Waals surface area contributed by atoms with Crippen LogP contribution >= 0.6 is 0 Å². The second-order valence-corrected chi connectivity index (χ2v) is 10.3. The molecule has 1 heterocycles. The highest BCUT2D eigenvalue weighted by atomic mass is 32.2. The molecule has 0 spiro atoms. The van der Waals surface area contributed by atoms with Crippen molar-refractivity contribution in [2.75, 3.05) is 21.3 Å². The van der Waals surface area contributed by atoms with Gasteiger partial charge in [0, 0.05) is 12.6 Å². The summed E-state index contributed by atoms with van der Waals surface area (Å²) in [7, 11) is -6.94. The van der Waals surface area contributed by atoms with Crippen molar-refractivity contribution in [3.8, 4) is 0 Å². The average molecular weight is 388 g/mol. The molecule has 0 unspecified atom stereocenters. The summed E-state index contributed by atoms with van der Waals surface area (Å²) in [6.45, 7) is 2.10. The van der Waals surface area contributed by atoms with Crippen LogP contribution in [0, 0.1) is 0 Å². The summed E-state index contributed by atoms with van der Waals surface area (Å²) in [5.74, 6) is 0.0477. The monoisotopic (exact) mass is 387 g/mol. The van der Waals surface area contributed by atoms with Gasteiger partial charge < -0.3 is 0 Å². The number of hydrogen-bond acceptors (Lipinski definition) is 4. The smallest absolute Gasteiger partial charge is 0.271 e. The predicted molar refractivity (Wildman–Crippen MR) is 99.5 cm³/mol. The maximum Gasteiger partial charge on any atom is 0.299 e. The van der Waals surface area contributed by atoms with E-state index < -0.39 is 20.2 Å². The highest BCUT2D eigenvalue weighted by Gasteiger charge is 2.27. The maximum atomic E-state index is 12.3. The molecule has 0 saturated heterocycles. The molecule has 0 aromatic heterocycles. The van der Waals surface area contributed by atoms with Gasteiger partial charge in [0.2, 0.25) is 10.0 Å². The van der Waals surface area contributed by atoms with Gasteiger partial charge in [0.05, 0.1) is 17.1 Å². The third kappa shape index (κ3) is 4.27. The predicted octanol–water partition coefficient (Wildman–Crippen LogP) is 1.98. The molecule has 0 bridgehead atoms. The molecule has 2 N–H and O–H groups in total. The van der Waals surface area contributed by atoms with E-state index in [2.05, 4.69) is 9.44 Å². The van der Waals surface area contributed by atoms with E-state index in [-0.39, 0.29) is 11.8 Å². The Kier molecular flexibility index (Phi) is 5.26. The normalized spacial score (nSPS) is 19.0. The van der Waals surface area contributed by atoms with E-state index in [0.717, 1.165) is 44.1 Å². The zero-order valence-corrected chi connectivity index (χ0v) is 16.0. The Morgan fingerprint density at radius 2 is 1.84 bits per heavy atom. The number of hydrogen-bond donors (Lipinski definition) is 2. The third-order valence-corrected chi connectivity index (χ3v) is 7.71. The molecule has 25 heavy (non-hydrogen) atoms. The van der Waals surface area contributed by atoms with Crippen molar-refractivity contribution in [1.29, 1.82) is 0 Å². The minimum absolute atomic E-state index is 0.000293. The molecule has 0 amide bonds.